The standard InChI is InChI=1S/C22H29N5O2/c1-22(2,3)27-19-18(14-23-27)20(28)25-21(24-19)26-10-8-15(9-11-26)12-16-6-5-7-17(13-16)29-4/h5-7,13-15H,8-12H2,1-4H3,(H,24,25,28). The molecule has 0 spiro atoms. The Bertz CT molecular complexity index is 1050. The average Bonchev–Trinajstić information content (AvgIpc) is 3.14. The van der Waals surface area contributed by atoms with E-state index in [9.17, 15) is 4.79 Å². The van der Waals surface area contributed by atoms with Crippen molar-refractivity contribution < 1.29 is 4.74 Å². The first-order valence-corrected chi connectivity index (χ1v) is 10.2. The number of methoxy groups -OCH3 is 1. The molecular weight excluding hydrogens is 366 g/mol. The number of nitrogens with one attached hydrogen (secondary N) is 1. The fourth-order valence-corrected chi connectivity index (χ4v) is 4.03. The highest BCUT2D eigenvalue weighted by atomic mass is 16.5. The van der Waals surface area contributed by atoms with E-state index in [4.69, 9.17) is 9.72 Å². The van der Waals surface area contributed by atoms with Gasteiger partial charge in [-0.25, -0.2) is 4.68 Å². The lowest BCUT2D eigenvalue weighted by Crippen LogP contribution is -2.36. The van der Waals surface area contributed by atoms with Crippen LogP contribution in [0.15, 0.2) is 35.3 Å². The van der Waals surface area contributed by atoms with Crippen LogP contribution >= 0.6 is 0 Å². The van der Waals surface area contributed by atoms with Gasteiger partial charge in [-0.1, -0.05) is 12.1 Å². The van der Waals surface area contributed by atoms with Gasteiger partial charge in [0.15, 0.2) is 5.65 Å². The van der Waals surface area contributed by atoms with E-state index >= 15 is 0 Å². The van der Waals surface area contributed by atoms with Crippen molar-refractivity contribution in [3.63, 3.8) is 0 Å². The summed E-state index contributed by atoms with van der Waals surface area (Å²) >= 11 is 0. The molecule has 1 aliphatic rings. The van der Waals surface area contributed by atoms with Crippen molar-refractivity contribution in [1.29, 1.82) is 0 Å². The second-order valence-electron chi connectivity index (χ2n) is 8.84. The zero-order valence-electron chi connectivity index (χ0n) is 17.6. The summed E-state index contributed by atoms with van der Waals surface area (Å²) in [6, 6.07) is 8.31. The van der Waals surface area contributed by atoms with E-state index in [1.165, 1.54) is 5.56 Å². The van der Waals surface area contributed by atoms with Crippen LogP contribution in [0.2, 0.25) is 0 Å². The number of rotatable bonds is 4. The summed E-state index contributed by atoms with van der Waals surface area (Å²) in [7, 11) is 1.70. The Morgan fingerprint density at radius 1 is 1.24 bits per heavy atom. The third-order valence-corrected chi connectivity index (χ3v) is 5.63. The molecular formula is C22H29N5O2. The van der Waals surface area contributed by atoms with E-state index in [-0.39, 0.29) is 11.1 Å². The van der Waals surface area contributed by atoms with Gasteiger partial charge in [-0.2, -0.15) is 10.1 Å². The molecule has 0 unspecified atom stereocenters. The molecule has 0 saturated carbocycles. The summed E-state index contributed by atoms with van der Waals surface area (Å²) < 4.78 is 7.16. The van der Waals surface area contributed by atoms with Crippen molar-refractivity contribution in [3.05, 3.63) is 46.4 Å². The van der Waals surface area contributed by atoms with E-state index in [2.05, 4.69) is 47.9 Å². The third kappa shape index (κ3) is 3.99. The van der Waals surface area contributed by atoms with E-state index in [0.29, 0.717) is 22.9 Å². The first kappa shape index (κ1) is 19.5. The zero-order chi connectivity index (χ0) is 20.6. The number of hydrogen-bond donors (Lipinski definition) is 1. The molecule has 0 bridgehead atoms. The van der Waals surface area contributed by atoms with Crippen molar-refractivity contribution in [3.8, 4) is 5.75 Å². The quantitative estimate of drug-likeness (QED) is 0.733. The molecule has 154 valence electrons. The Kier molecular flexibility index (Phi) is 5.06. The summed E-state index contributed by atoms with van der Waals surface area (Å²) in [6.07, 6.45) is 4.79. The zero-order valence-corrected chi connectivity index (χ0v) is 17.6. The van der Waals surface area contributed by atoms with Crippen LogP contribution in [0.5, 0.6) is 5.75 Å². The van der Waals surface area contributed by atoms with E-state index < -0.39 is 0 Å². The molecule has 1 aromatic carbocycles. The molecule has 4 rings (SSSR count). The fraction of sp³-hybridized carbons (Fsp3) is 0.500. The average molecular weight is 396 g/mol. The van der Waals surface area contributed by atoms with Crippen molar-refractivity contribution in [1.82, 2.24) is 19.7 Å². The monoisotopic (exact) mass is 395 g/mol. The molecule has 7 nitrogen and oxygen atoms in total. The van der Waals surface area contributed by atoms with Gasteiger partial charge in [0.25, 0.3) is 5.56 Å². The Hall–Kier alpha value is -2.83. The summed E-state index contributed by atoms with van der Waals surface area (Å²) in [4.78, 5) is 22.5. The fourth-order valence-electron chi connectivity index (χ4n) is 4.03. The summed E-state index contributed by atoms with van der Waals surface area (Å²) in [6.45, 7) is 7.95. The molecule has 3 aromatic rings. The molecule has 1 saturated heterocycles. The van der Waals surface area contributed by atoms with Gasteiger partial charge in [0.2, 0.25) is 5.95 Å². The smallest absolute Gasteiger partial charge is 0.263 e. The van der Waals surface area contributed by atoms with Gasteiger partial charge in [-0.15, -0.1) is 0 Å². The number of piperidine rings is 1. The van der Waals surface area contributed by atoms with Gasteiger partial charge < -0.3 is 9.64 Å². The van der Waals surface area contributed by atoms with Gasteiger partial charge >= 0.3 is 0 Å². The Morgan fingerprint density at radius 2 is 2.00 bits per heavy atom. The lowest BCUT2D eigenvalue weighted by Gasteiger charge is -2.32. The van der Waals surface area contributed by atoms with Crippen molar-refractivity contribution >= 4 is 17.0 Å². The maximum absolute atomic E-state index is 12.6. The Morgan fingerprint density at radius 3 is 2.69 bits per heavy atom. The van der Waals surface area contributed by atoms with Crippen LogP contribution in [0.4, 0.5) is 5.95 Å². The number of ether oxygens (including phenoxy) is 1. The van der Waals surface area contributed by atoms with Crippen LogP contribution < -0.4 is 15.2 Å². The molecule has 29 heavy (non-hydrogen) atoms. The molecule has 1 N–H and O–H groups in total. The molecule has 0 atom stereocenters. The normalized spacial score (nSPS) is 15.8. The number of H-pyrrole nitrogens is 1. The SMILES string of the molecule is COc1cccc(CC2CCN(c3nc4c(cnn4C(C)(C)C)c(=O)[nH]3)CC2)c1. The molecule has 1 aliphatic heterocycles. The number of nitrogens with zero attached hydrogens (tertiary/aromatic N) is 4. The third-order valence-electron chi connectivity index (χ3n) is 5.63. The lowest BCUT2D eigenvalue weighted by atomic mass is 9.90. The molecule has 3 heterocycles. The predicted octanol–water partition coefficient (Wildman–Crippen LogP) is 3.34. The topological polar surface area (TPSA) is 76.0 Å². The number of benzene rings is 1. The van der Waals surface area contributed by atoms with Crippen LogP contribution in [-0.2, 0) is 12.0 Å². The first-order valence-electron chi connectivity index (χ1n) is 10.2. The minimum atomic E-state index is -0.233. The Balaban J connectivity index is 1.49. The first-order chi connectivity index (χ1) is 13.8. The minimum absolute atomic E-state index is 0.126. The number of fused-ring (bicyclic) bond motifs is 1. The summed E-state index contributed by atoms with van der Waals surface area (Å²) in [5, 5.41) is 4.93. The number of anilines is 1. The second-order valence-corrected chi connectivity index (χ2v) is 8.84. The number of aromatic nitrogens is 4. The molecule has 2 aromatic heterocycles. The predicted molar refractivity (Wildman–Crippen MR) is 115 cm³/mol. The molecule has 1 fully saturated rings. The van der Waals surface area contributed by atoms with E-state index in [1.807, 2.05) is 16.8 Å². The van der Waals surface area contributed by atoms with Crippen LogP contribution in [-0.4, -0.2) is 39.9 Å². The number of aromatic amines is 1. The highest BCUT2D eigenvalue weighted by Gasteiger charge is 2.24. The van der Waals surface area contributed by atoms with Crippen molar-refractivity contribution in [2.45, 2.75) is 45.6 Å². The van der Waals surface area contributed by atoms with Crippen molar-refractivity contribution in [2.24, 2.45) is 5.92 Å². The van der Waals surface area contributed by atoms with Crippen molar-refractivity contribution in [2.75, 3.05) is 25.1 Å². The van der Waals surface area contributed by atoms with Crippen LogP contribution in [0.1, 0.15) is 39.2 Å². The highest BCUT2D eigenvalue weighted by Crippen LogP contribution is 2.26. The molecule has 0 aliphatic carbocycles. The molecule has 0 amide bonds. The lowest BCUT2D eigenvalue weighted by molar-refractivity contribution is 0.365. The second kappa shape index (κ2) is 7.54. The largest absolute Gasteiger partial charge is 0.497 e. The summed E-state index contributed by atoms with van der Waals surface area (Å²) in [5.74, 6) is 2.17. The molecule has 0 radical (unpaired) electrons. The van der Waals surface area contributed by atoms with Crippen LogP contribution in [0, 0.1) is 5.92 Å². The molecule has 7 heteroatoms. The number of hydrogen-bond acceptors (Lipinski definition) is 5. The van der Waals surface area contributed by atoms with E-state index in [1.54, 1.807) is 13.3 Å². The minimum Gasteiger partial charge on any atom is -0.497 e. The van der Waals surface area contributed by atoms with Gasteiger partial charge in [-0.05, 0) is 63.6 Å². The van der Waals surface area contributed by atoms with Crippen LogP contribution in [0.25, 0.3) is 11.0 Å². The summed E-state index contributed by atoms with van der Waals surface area (Å²) in [5.41, 5.74) is 1.60. The van der Waals surface area contributed by atoms with Gasteiger partial charge in [0.1, 0.15) is 11.1 Å². The van der Waals surface area contributed by atoms with Crippen LogP contribution in [0.3, 0.4) is 0 Å². The highest BCUT2D eigenvalue weighted by molar-refractivity contribution is 5.74. The van der Waals surface area contributed by atoms with Gasteiger partial charge in [0, 0.05) is 13.1 Å². The van der Waals surface area contributed by atoms with Gasteiger partial charge in [0.05, 0.1) is 18.8 Å². The maximum atomic E-state index is 12.6. The van der Waals surface area contributed by atoms with Gasteiger partial charge in [-0.3, -0.25) is 9.78 Å². The Labute approximate surface area is 170 Å². The van der Waals surface area contributed by atoms with E-state index in [0.717, 1.165) is 38.1 Å². The maximum Gasteiger partial charge on any atom is 0.263 e.